The minimum absolute atomic E-state index is 0.575. The van der Waals surface area contributed by atoms with Crippen LogP contribution in [0.4, 0.5) is 0 Å². The highest BCUT2D eigenvalue weighted by Crippen LogP contribution is 2.24. The highest BCUT2D eigenvalue weighted by atomic mass is 15.2. The fourth-order valence-corrected chi connectivity index (χ4v) is 2.02. The van der Waals surface area contributed by atoms with E-state index in [1.807, 2.05) is 31.2 Å². The Bertz CT molecular complexity index is 776. The summed E-state index contributed by atoms with van der Waals surface area (Å²) in [7, 11) is 0. The van der Waals surface area contributed by atoms with Crippen molar-refractivity contribution >= 4 is 23.1 Å². The molecule has 0 saturated carbocycles. The molecule has 4 heteroatoms. The smallest absolute Gasteiger partial charge is 0.181 e. The van der Waals surface area contributed by atoms with Crippen molar-refractivity contribution < 1.29 is 0 Å². The standard InChI is InChI=1S/C17H12N4/c1-4-13-5-7-14(8-6-13)15-10-16(20-11-18)12(2)9-17(15)21-19-3/h4-10H,1H2,2H3/b20-16?,21-17+. The molecule has 0 bridgehead atoms. The Morgan fingerprint density at radius 3 is 2.52 bits per heavy atom. The molecular weight excluding hydrogens is 260 g/mol. The van der Waals surface area contributed by atoms with Gasteiger partial charge in [0, 0.05) is 5.57 Å². The first-order valence-corrected chi connectivity index (χ1v) is 6.24. The van der Waals surface area contributed by atoms with Crippen LogP contribution in [0.25, 0.3) is 16.6 Å². The molecule has 0 atom stereocenters. The third-order valence-electron chi connectivity index (χ3n) is 3.10. The van der Waals surface area contributed by atoms with Gasteiger partial charge >= 0.3 is 0 Å². The monoisotopic (exact) mass is 272 g/mol. The molecule has 1 aliphatic rings. The lowest BCUT2D eigenvalue weighted by Gasteiger charge is -2.13. The van der Waals surface area contributed by atoms with E-state index in [4.69, 9.17) is 11.8 Å². The Morgan fingerprint density at radius 2 is 1.95 bits per heavy atom. The van der Waals surface area contributed by atoms with E-state index in [1.165, 1.54) is 0 Å². The van der Waals surface area contributed by atoms with E-state index >= 15 is 0 Å². The van der Waals surface area contributed by atoms with Crippen LogP contribution < -0.4 is 0 Å². The number of allylic oxidation sites excluding steroid dienone is 4. The molecule has 0 unspecified atom stereocenters. The molecule has 1 aromatic carbocycles. The lowest BCUT2D eigenvalue weighted by Crippen LogP contribution is -2.11. The molecule has 21 heavy (non-hydrogen) atoms. The van der Waals surface area contributed by atoms with Gasteiger partial charge in [0.15, 0.2) is 5.71 Å². The van der Waals surface area contributed by atoms with Crippen molar-refractivity contribution in [3.8, 4) is 6.19 Å². The zero-order valence-corrected chi connectivity index (χ0v) is 11.5. The summed E-state index contributed by atoms with van der Waals surface area (Å²) in [6.07, 6.45) is 7.11. The summed E-state index contributed by atoms with van der Waals surface area (Å²) in [5.41, 5.74) is 4.68. The van der Waals surface area contributed by atoms with E-state index in [-0.39, 0.29) is 0 Å². The number of nitriles is 1. The summed E-state index contributed by atoms with van der Waals surface area (Å²) in [6, 6.07) is 7.73. The SMILES string of the molecule is [C-]#[N+]/N=C1\C=C(C)C(=NC#N)C=C1c1ccc(C=C)cc1. The van der Waals surface area contributed by atoms with Gasteiger partial charge in [-0.15, -0.1) is 4.95 Å². The molecule has 4 nitrogen and oxygen atoms in total. The fourth-order valence-electron chi connectivity index (χ4n) is 2.02. The second kappa shape index (κ2) is 6.27. The highest BCUT2D eigenvalue weighted by molar-refractivity contribution is 6.38. The van der Waals surface area contributed by atoms with Crippen molar-refractivity contribution in [3.63, 3.8) is 0 Å². The van der Waals surface area contributed by atoms with Crippen molar-refractivity contribution in [2.24, 2.45) is 10.1 Å². The molecular formula is C17H12N4. The molecule has 0 heterocycles. The van der Waals surface area contributed by atoms with Gasteiger partial charge in [-0.25, -0.2) is 0 Å². The van der Waals surface area contributed by atoms with Crippen LogP contribution in [0.3, 0.4) is 0 Å². The van der Waals surface area contributed by atoms with Gasteiger partial charge in [0.05, 0.1) is 10.8 Å². The van der Waals surface area contributed by atoms with Gasteiger partial charge in [0.2, 0.25) is 6.19 Å². The lowest BCUT2D eigenvalue weighted by molar-refractivity contribution is 1.42. The highest BCUT2D eigenvalue weighted by Gasteiger charge is 2.18. The molecule has 0 fully saturated rings. The maximum atomic E-state index is 8.75. The second-order valence-electron chi connectivity index (χ2n) is 4.39. The summed E-state index contributed by atoms with van der Waals surface area (Å²) in [5.74, 6) is 0. The average molecular weight is 272 g/mol. The van der Waals surface area contributed by atoms with Crippen molar-refractivity contribution in [1.82, 2.24) is 0 Å². The van der Waals surface area contributed by atoms with Crippen LogP contribution in [-0.4, -0.2) is 11.4 Å². The molecule has 100 valence electrons. The molecule has 0 spiro atoms. The number of benzene rings is 1. The molecule has 1 aromatic rings. The van der Waals surface area contributed by atoms with E-state index < -0.39 is 0 Å². The summed E-state index contributed by atoms with van der Waals surface area (Å²) in [5, 5.41) is 12.6. The van der Waals surface area contributed by atoms with Gasteiger partial charge in [-0.05, 0) is 35.8 Å². The topological polar surface area (TPSA) is 52.9 Å². The molecule has 0 aliphatic heterocycles. The first kappa shape index (κ1) is 14.2. The van der Waals surface area contributed by atoms with E-state index in [0.29, 0.717) is 11.4 Å². The predicted octanol–water partition coefficient (Wildman–Crippen LogP) is 3.87. The van der Waals surface area contributed by atoms with Crippen LogP contribution in [0.5, 0.6) is 0 Å². The summed E-state index contributed by atoms with van der Waals surface area (Å²) in [4.78, 5) is 6.90. The lowest BCUT2D eigenvalue weighted by atomic mass is 9.91. The van der Waals surface area contributed by atoms with Crippen LogP contribution in [0.2, 0.25) is 0 Å². The average Bonchev–Trinajstić information content (AvgIpc) is 2.50. The molecule has 2 rings (SSSR count). The van der Waals surface area contributed by atoms with E-state index in [2.05, 4.69) is 21.6 Å². The minimum atomic E-state index is 0.575. The number of nitrogens with zero attached hydrogens (tertiary/aromatic N) is 4. The van der Waals surface area contributed by atoms with Crippen molar-refractivity contribution in [2.45, 2.75) is 6.92 Å². The van der Waals surface area contributed by atoms with Gasteiger partial charge in [0.1, 0.15) is 0 Å². The summed E-state index contributed by atoms with van der Waals surface area (Å²) >= 11 is 0. The normalized spacial score (nSPS) is 17.7. The van der Waals surface area contributed by atoms with Gasteiger partial charge in [0.25, 0.3) is 0 Å². The maximum absolute atomic E-state index is 8.75. The molecule has 0 radical (unpaired) electrons. The summed E-state index contributed by atoms with van der Waals surface area (Å²) in [6.45, 7) is 12.5. The van der Waals surface area contributed by atoms with Crippen molar-refractivity contribution in [3.05, 3.63) is 71.2 Å². The third-order valence-corrected chi connectivity index (χ3v) is 3.10. The number of hydrogen-bond donors (Lipinski definition) is 0. The van der Waals surface area contributed by atoms with Crippen LogP contribution in [0.15, 0.2) is 58.7 Å². The first-order chi connectivity index (χ1) is 10.2. The Morgan fingerprint density at radius 1 is 1.24 bits per heavy atom. The number of aliphatic imine (C=N–C) groups is 1. The Labute approximate surface area is 123 Å². The predicted molar refractivity (Wildman–Crippen MR) is 85.4 cm³/mol. The number of hydrogen-bond acceptors (Lipinski definition) is 3. The zero-order valence-electron chi connectivity index (χ0n) is 11.5. The fraction of sp³-hybridized carbons (Fsp3) is 0.0588. The summed E-state index contributed by atoms with van der Waals surface area (Å²) < 4.78 is 0. The largest absolute Gasteiger partial charge is 0.206 e. The molecule has 0 N–H and O–H groups in total. The van der Waals surface area contributed by atoms with E-state index in [1.54, 1.807) is 24.4 Å². The third kappa shape index (κ3) is 3.02. The number of rotatable bonds is 2. The minimum Gasteiger partial charge on any atom is -0.181 e. The van der Waals surface area contributed by atoms with Crippen LogP contribution in [-0.2, 0) is 0 Å². The van der Waals surface area contributed by atoms with Crippen LogP contribution in [0.1, 0.15) is 18.1 Å². The van der Waals surface area contributed by atoms with Crippen molar-refractivity contribution in [2.75, 3.05) is 0 Å². The molecule has 0 aromatic heterocycles. The van der Waals surface area contributed by atoms with Crippen LogP contribution in [0, 0.1) is 18.0 Å². The Kier molecular flexibility index (Phi) is 4.23. The Hall–Kier alpha value is -3.24. The molecule has 1 aliphatic carbocycles. The van der Waals surface area contributed by atoms with E-state index in [0.717, 1.165) is 22.3 Å². The Balaban J connectivity index is 2.56. The molecule has 0 saturated heterocycles. The van der Waals surface area contributed by atoms with Crippen molar-refractivity contribution in [1.29, 1.82) is 5.26 Å². The van der Waals surface area contributed by atoms with Gasteiger partial charge < -0.3 is 0 Å². The quantitative estimate of drug-likeness (QED) is 0.349. The zero-order chi connectivity index (χ0) is 15.2. The van der Waals surface area contributed by atoms with E-state index in [9.17, 15) is 0 Å². The van der Waals surface area contributed by atoms with Gasteiger partial charge in [-0.2, -0.15) is 16.8 Å². The first-order valence-electron chi connectivity index (χ1n) is 6.24. The molecule has 0 amide bonds. The van der Waals surface area contributed by atoms with Crippen LogP contribution >= 0.6 is 0 Å². The van der Waals surface area contributed by atoms with Gasteiger partial charge in [-0.3, -0.25) is 0 Å². The van der Waals surface area contributed by atoms with Gasteiger partial charge in [-0.1, -0.05) is 36.9 Å². The maximum Gasteiger partial charge on any atom is 0.206 e. The second-order valence-corrected chi connectivity index (χ2v) is 4.39.